The van der Waals surface area contributed by atoms with Crippen molar-refractivity contribution >= 4 is 27.5 Å². The van der Waals surface area contributed by atoms with Gasteiger partial charge < -0.3 is 15.4 Å². The smallest absolute Gasteiger partial charge is 0.261 e. The van der Waals surface area contributed by atoms with Gasteiger partial charge in [0.25, 0.3) is 5.56 Å². The van der Waals surface area contributed by atoms with Gasteiger partial charge in [-0.2, -0.15) is 5.10 Å². The summed E-state index contributed by atoms with van der Waals surface area (Å²) in [4.78, 5) is 17.7. The normalized spacial score (nSPS) is 31.8. The number of pyridine rings is 2. The van der Waals surface area contributed by atoms with Crippen molar-refractivity contribution in [3.8, 4) is 11.3 Å². The second-order valence-corrected chi connectivity index (χ2v) is 11.4. The summed E-state index contributed by atoms with van der Waals surface area (Å²) in [7, 11) is 0. The molecule has 3 heterocycles. The minimum atomic E-state index is -0.737. The molecule has 0 saturated heterocycles. The van der Waals surface area contributed by atoms with E-state index in [0.29, 0.717) is 34.7 Å². The van der Waals surface area contributed by atoms with Crippen molar-refractivity contribution in [1.29, 1.82) is 0 Å². The summed E-state index contributed by atoms with van der Waals surface area (Å²) in [6.45, 7) is 4.03. The Morgan fingerprint density at radius 3 is 2.53 bits per heavy atom. The number of nitrogens with zero attached hydrogens (tertiary/aromatic N) is 4. The van der Waals surface area contributed by atoms with E-state index in [2.05, 4.69) is 11.9 Å². The lowest BCUT2D eigenvalue weighted by molar-refractivity contribution is -0.175. The standard InChI is InChI=1S/C26H26FN5O2/c1-24-11-26(12-24,13-24)31-8-6-14-3-4-16(20(27)18(14)23(31)33)21-19-17(5-7-29-22(19)28)32(30-21)15-9-25(2,34)10-15/h3-8,15,34H,9-13H2,1-2H3,(H2,28,29). The molecule has 4 saturated carbocycles. The van der Waals surface area contributed by atoms with Gasteiger partial charge in [0, 0.05) is 23.5 Å². The number of benzene rings is 1. The Labute approximate surface area is 195 Å². The van der Waals surface area contributed by atoms with E-state index in [1.54, 1.807) is 29.8 Å². The van der Waals surface area contributed by atoms with Crippen molar-refractivity contribution in [3.63, 3.8) is 0 Å². The molecular formula is C26H26FN5O2. The van der Waals surface area contributed by atoms with Crippen molar-refractivity contribution in [3.05, 3.63) is 52.8 Å². The average molecular weight is 460 g/mol. The first kappa shape index (κ1) is 20.1. The number of nitrogens with two attached hydrogens (primary N) is 1. The van der Waals surface area contributed by atoms with Crippen LogP contribution < -0.4 is 11.3 Å². The lowest BCUT2D eigenvalue weighted by atomic mass is 9.40. The highest BCUT2D eigenvalue weighted by molar-refractivity contribution is 6.02. The van der Waals surface area contributed by atoms with E-state index >= 15 is 4.39 Å². The Kier molecular flexibility index (Phi) is 3.58. The van der Waals surface area contributed by atoms with Gasteiger partial charge in [0.1, 0.15) is 17.3 Å². The first-order chi connectivity index (χ1) is 16.1. The Balaban J connectivity index is 1.43. The van der Waals surface area contributed by atoms with E-state index in [1.807, 2.05) is 23.0 Å². The highest BCUT2D eigenvalue weighted by atomic mass is 19.1. The van der Waals surface area contributed by atoms with Crippen LogP contribution in [-0.4, -0.2) is 30.0 Å². The molecule has 174 valence electrons. The number of hydrogen-bond acceptors (Lipinski definition) is 5. The molecule has 0 spiro atoms. The maximum atomic E-state index is 16.1. The molecule has 2 bridgehead atoms. The van der Waals surface area contributed by atoms with E-state index in [1.165, 1.54) is 0 Å². The summed E-state index contributed by atoms with van der Waals surface area (Å²) in [5.41, 5.74) is 6.74. The Morgan fingerprint density at radius 2 is 1.85 bits per heavy atom. The van der Waals surface area contributed by atoms with Crippen LogP contribution in [0.4, 0.5) is 10.2 Å². The maximum Gasteiger partial charge on any atom is 0.261 e. The Morgan fingerprint density at radius 1 is 1.12 bits per heavy atom. The molecule has 4 fully saturated rings. The lowest BCUT2D eigenvalue weighted by Crippen LogP contribution is -2.68. The van der Waals surface area contributed by atoms with Gasteiger partial charge in [0.2, 0.25) is 0 Å². The number of rotatable bonds is 3. The third-order valence-corrected chi connectivity index (χ3v) is 8.39. The highest BCUT2D eigenvalue weighted by Gasteiger charge is 2.66. The Hall–Kier alpha value is -3.26. The average Bonchev–Trinajstić information content (AvgIpc) is 3.10. The number of halogens is 1. The molecular weight excluding hydrogens is 433 g/mol. The Bertz CT molecular complexity index is 1570. The summed E-state index contributed by atoms with van der Waals surface area (Å²) in [6.07, 6.45) is 7.43. The van der Waals surface area contributed by atoms with E-state index < -0.39 is 11.4 Å². The molecule has 8 heteroatoms. The van der Waals surface area contributed by atoms with Gasteiger partial charge in [-0.05, 0) is 68.0 Å². The van der Waals surface area contributed by atoms with Gasteiger partial charge in [-0.1, -0.05) is 13.0 Å². The van der Waals surface area contributed by atoms with Crippen LogP contribution in [0, 0.1) is 11.2 Å². The first-order valence-electron chi connectivity index (χ1n) is 11.8. The fraction of sp³-hybridized carbons (Fsp3) is 0.423. The number of fused-ring (bicyclic) bond motifs is 2. The van der Waals surface area contributed by atoms with Crippen LogP contribution >= 0.6 is 0 Å². The van der Waals surface area contributed by atoms with Crippen LogP contribution in [-0.2, 0) is 5.54 Å². The van der Waals surface area contributed by atoms with Crippen LogP contribution in [0.2, 0.25) is 0 Å². The number of aromatic nitrogens is 4. The molecule has 4 aromatic rings. The molecule has 4 aliphatic carbocycles. The third kappa shape index (κ3) is 2.46. The summed E-state index contributed by atoms with van der Waals surface area (Å²) >= 11 is 0. The molecule has 0 atom stereocenters. The predicted molar refractivity (Wildman–Crippen MR) is 128 cm³/mol. The molecule has 3 N–H and O–H groups in total. The second kappa shape index (κ2) is 6.05. The molecule has 0 radical (unpaired) electrons. The van der Waals surface area contributed by atoms with Gasteiger partial charge in [-0.25, -0.2) is 9.37 Å². The number of aliphatic hydroxyl groups is 1. The summed E-state index contributed by atoms with van der Waals surface area (Å²) in [5, 5.41) is 16.2. The minimum absolute atomic E-state index is 0.0144. The van der Waals surface area contributed by atoms with Gasteiger partial charge in [0.05, 0.1) is 27.9 Å². The fourth-order valence-corrected chi connectivity index (χ4v) is 7.04. The van der Waals surface area contributed by atoms with Gasteiger partial charge in [0.15, 0.2) is 0 Å². The molecule has 4 aliphatic rings. The molecule has 0 amide bonds. The van der Waals surface area contributed by atoms with Gasteiger partial charge in [-0.3, -0.25) is 9.48 Å². The van der Waals surface area contributed by atoms with Crippen molar-refractivity contribution in [2.24, 2.45) is 5.41 Å². The summed E-state index contributed by atoms with van der Waals surface area (Å²) in [5.74, 6) is -0.318. The van der Waals surface area contributed by atoms with Crippen LogP contribution in [0.1, 0.15) is 52.0 Å². The maximum absolute atomic E-state index is 16.1. The monoisotopic (exact) mass is 459 g/mol. The van der Waals surface area contributed by atoms with E-state index in [9.17, 15) is 9.90 Å². The topological polar surface area (TPSA) is 99.0 Å². The van der Waals surface area contributed by atoms with Crippen LogP contribution in [0.5, 0.6) is 0 Å². The van der Waals surface area contributed by atoms with Crippen molar-refractivity contribution in [2.75, 3.05) is 5.73 Å². The van der Waals surface area contributed by atoms with Gasteiger partial charge >= 0.3 is 0 Å². The van der Waals surface area contributed by atoms with E-state index in [0.717, 1.165) is 24.8 Å². The number of hydrogen-bond donors (Lipinski definition) is 2. The van der Waals surface area contributed by atoms with E-state index in [-0.39, 0.29) is 33.9 Å². The first-order valence-corrected chi connectivity index (χ1v) is 11.8. The van der Waals surface area contributed by atoms with Crippen molar-refractivity contribution in [1.82, 2.24) is 19.3 Å². The van der Waals surface area contributed by atoms with E-state index in [4.69, 9.17) is 10.8 Å². The second-order valence-electron chi connectivity index (χ2n) is 11.4. The van der Waals surface area contributed by atoms with Crippen LogP contribution in [0.15, 0.2) is 41.5 Å². The highest BCUT2D eigenvalue weighted by Crippen LogP contribution is 2.70. The van der Waals surface area contributed by atoms with Crippen LogP contribution in [0.25, 0.3) is 32.9 Å². The zero-order valence-corrected chi connectivity index (χ0v) is 19.2. The minimum Gasteiger partial charge on any atom is -0.390 e. The van der Waals surface area contributed by atoms with Gasteiger partial charge in [-0.15, -0.1) is 0 Å². The predicted octanol–water partition coefficient (Wildman–Crippen LogP) is 4.12. The number of anilines is 1. The molecule has 1 aromatic carbocycles. The molecule has 0 unspecified atom stereocenters. The zero-order valence-electron chi connectivity index (χ0n) is 19.2. The quantitative estimate of drug-likeness (QED) is 0.480. The fourth-order valence-electron chi connectivity index (χ4n) is 7.04. The van der Waals surface area contributed by atoms with Crippen molar-refractivity contribution in [2.45, 2.75) is 63.1 Å². The number of nitrogen functional groups attached to an aromatic ring is 1. The zero-order chi connectivity index (χ0) is 23.6. The SMILES string of the molecule is CC1(O)CC(n2nc(-c3ccc4ccn(C56CC(C)(C5)C6)c(=O)c4c3F)c3c(N)nccc32)C1. The summed E-state index contributed by atoms with van der Waals surface area (Å²) < 4.78 is 19.7. The molecule has 0 aliphatic heterocycles. The molecule has 7 nitrogen and oxygen atoms in total. The molecule has 3 aromatic heterocycles. The summed E-state index contributed by atoms with van der Waals surface area (Å²) in [6, 6.07) is 7.06. The molecule has 8 rings (SSSR count). The largest absolute Gasteiger partial charge is 0.390 e. The van der Waals surface area contributed by atoms with Crippen LogP contribution in [0.3, 0.4) is 0 Å². The third-order valence-electron chi connectivity index (χ3n) is 8.39. The lowest BCUT2D eigenvalue weighted by Gasteiger charge is -2.69. The molecule has 34 heavy (non-hydrogen) atoms. The van der Waals surface area contributed by atoms with Crippen molar-refractivity contribution < 1.29 is 9.50 Å².